The second-order valence-electron chi connectivity index (χ2n) is 5.40. The topological polar surface area (TPSA) is 53.6 Å². The van der Waals surface area contributed by atoms with E-state index in [1.54, 1.807) is 7.11 Å². The first kappa shape index (κ1) is 17.5. The summed E-state index contributed by atoms with van der Waals surface area (Å²) in [6, 6.07) is 7.87. The lowest BCUT2D eigenvalue weighted by Gasteiger charge is -2.17. The molecule has 0 saturated carbocycles. The Morgan fingerprint density at radius 3 is 2.67 bits per heavy atom. The van der Waals surface area contributed by atoms with Crippen molar-refractivity contribution in [2.45, 2.75) is 19.9 Å². The van der Waals surface area contributed by atoms with Gasteiger partial charge in [-0.3, -0.25) is 4.79 Å². The summed E-state index contributed by atoms with van der Waals surface area (Å²) >= 11 is 0. The van der Waals surface area contributed by atoms with Crippen molar-refractivity contribution in [3.05, 3.63) is 29.8 Å². The Morgan fingerprint density at radius 2 is 2.00 bits per heavy atom. The summed E-state index contributed by atoms with van der Waals surface area (Å²) in [7, 11) is 3.70. The first-order valence-electron chi connectivity index (χ1n) is 7.35. The molecule has 0 aromatic heterocycles. The molecule has 1 rings (SSSR count). The number of anilines is 1. The summed E-state index contributed by atoms with van der Waals surface area (Å²) in [4.78, 5) is 14.4. The van der Waals surface area contributed by atoms with E-state index in [2.05, 4.69) is 29.4 Å². The zero-order valence-corrected chi connectivity index (χ0v) is 13.5. The third kappa shape index (κ3) is 6.60. The van der Waals surface area contributed by atoms with Crippen LogP contribution in [-0.4, -0.2) is 57.2 Å². The van der Waals surface area contributed by atoms with E-state index in [4.69, 9.17) is 4.74 Å². The molecule has 0 bridgehead atoms. The number of hydrogen-bond donors (Lipinski definition) is 2. The largest absolute Gasteiger partial charge is 0.383 e. The number of carbonyl (C=O) groups is 1. The molecule has 5 heteroatoms. The summed E-state index contributed by atoms with van der Waals surface area (Å²) in [5, 5.41) is 6.25. The molecular formula is C16H27N3O2. The van der Waals surface area contributed by atoms with Gasteiger partial charge in [0.2, 0.25) is 0 Å². The minimum Gasteiger partial charge on any atom is -0.383 e. The van der Waals surface area contributed by atoms with Crippen molar-refractivity contribution in [3.63, 3.8) is 0 Å². The van der Waals surface area contributed by atoms with Crippen molar-refractivity contribution in [1.82, 2.24) is 10.2 Å². The molecule has 118 valence electrons. The van der Waals surface area contributed by atoms with Crippen LogP contribution < -0.4 is 10.6 Å². The molecule has 0 atom stereocenters. The summed E-state index contributed by atoms with van der Waals surface area (Å²) in [6.07, 6.45) is 0. The van der Waals surface area contributed by atoms with E-state index in [-0.39, 0.29) is 5.91 Å². The van der Waals surface area contributed by atoms with E-state index in [1.165, 1.54) is 0 Å². The van der Waals surface area contributed by atoms with Crippen LogP contribution in [0.25, 0.3) is 0 Å². The van der Waals surface area contributed by atoms with Gasteiger partial charge in [0.05, 0.1) is 12.2 Å². The van der Waals surface area contributed by atoms with Crippen LogP contribution in [-0.2, 0) is 4.74 Å². The maximum Gasteiger partial charge on any atom is 0.253 e. The van der Waals surface area contributed by atoms with Gasteiger partial charge in [0.15, 0.2) is 0 Å². The number of benzene rings is 1. The summed E-state index contributed by atoms with van der Waals surface area (Å²) in [5.74, 6) is -0.0427. The van der Waals surface area contributed by atoms with Crippen LogP contribution in [0.1, 0.15) is 24.2 Å². The van der Waals surface area contributed by atoms with Gasteiger partial charge in [-0.25, -0.2) is 0 Å². The van der Waals surface area contributed by atoms with E-state index in [0.29, 0.717) is 24.8 Å². The maximum atomic E-state index is 12.2. The van der Waals surface area contributed by atoms with E-state index in [9.17, 15) is 4.79 Å². The fourth-order valence-corrected chi connectivity index (χ4v) is 1.93. The van der Waals surface area contributed by atoms with Gasteiger partial charge >= 0.3 is 0 Å². The summed E-state index contributed by atoms with van der Waals surface area (Å²) in [5.41, 5.74) is 1.56. The SMILES string of the molecule is COCCN(C)CCNC(=O)c1ccccc1NC(C)C. The molecule has 0 aliphatic carbocycles. The average Bonchev–Trinajstić information content (AvgIpc) is 2.45. The zero-order chi connectivity index (χ0) is 15.7. The molecule has 1 aromatic carbocycles. The Kier molecular flexibility index (Phi) is 7.79. The molecule has 0 unspecified atom stereocenters. The number of ether oxygens (including phenoxy) is 1. The Hall–Kier alpha value is -1.59. The van der Waals surface area contributed by atoms with E-state index < -0.39 is 0 Å². The predicted molar refractivity (Wildman–Crippen MR) is 86.9 cm³/mol. The van der Waals surface area contributed by atoms with Crippen molar-refractivity contribution >= 4 is 11.6 Å². The lowest BCUT2D eigenvalue weighted by Crippen LogP contribution is -2.34. The van der Waals surface area contributed by atoms with Crippen molar-refractivity contribution in [2.24, 2.45) is 0 Å². The minimum atomic E-state index is -0.0427. The highest BCUT2D eigenvalue weighted by atomic mass is 16.5. The Balaban J connectivity index is 2.48. The second-order valence-corrected chi connectivity index (χ2v) is 5.40. The van der Waals surface area contributed by atoms with Crippen molar-refractivity contribution in [2.75, 3.05) is 45.7 Å². The average molecular weight is 293 g/mol. The van der Waals surface area contributed by atoms with E-state index >= 15 is 0 Å². The molecule has 21 heavy (non-hydrogen) atoms. The number of amides is 1. The van der Waals surface area contributed by atoms with Crippen molar-refractivity contribution in [3.8, 4) is 0 Å². The number of hydrogen-bond acceptors (Lipinski definition) is 4. The van der Waals surface area contributed by atoms with Gasteiger partial charge in [-0.1, -0.05) is 12.1 Å². The molecular weight excluding hydrogens is 266 g/mol. The van der Waals surface area contributed by atoms with Crippen molar-refractivity contribution < 1.29 is 9.53 Å². The molecule has 1 amide bonds. The lowest BCUT2D eigenvalue weighted by atomic mass is 10.1. The first-order chi connectivity index (χ1) is 10.0. The summed E-state index contributed by atoms with van der Waals surface area (Å²) < 4.78 is 5.02. The molecule has 0 aliphatic rings. The van der Waals surface area contributed by atoms with Crippen LogP contribution in [0.3, 0.4) is 0 Å². The number of nitrogens with one attached hydrogen (secondary N) is 2. The quantitative estimate of drug-likeness (QED) is 0.729. The van der Waals surface area contributed by atoms with Crippen LogP contribution in [0, 0.1) is 0 Å². The number of carbonyl (C=O) groups excluding carboxylic acids is 1. The fourth-order valence-electron chi connectivity index (χ4n) is 1.93. The molecule has 0 heterocycles. The molecule has 0 saturated heterocycles. The van der Waals surface area contributed by atoms with Gasteiger partial charge in [-0.15, -0.1) is 0 Å². The standard InChI is InChI=1S/C16H27N3O2/c1-13(2)18-15-8-6-5-7-14(15)16(20)17-9-10-19(3)11-12-21-4/h5-8,13,18H,9-12H2,1-4H3,(H,17,20). The van der Waals surface area contributed by atoms with Crippen LogP contribution in [0.2, 0.25) is 0 Å². The molecule has 0 fully saturated rings. The molecule has 0 aliphatic heterocycles. The zero-order valence-electron chi connectivity index (χ0n) is 13.5. The molecule has 0 spiro atoms. The van der Waals surface area contributed by atoms with Gasteiger partial charge < -0.3 is 20.3 Å². The lowest BCUT2D eigenvalue weighted by molar-refractivity contribution is 0.0948. The smallest absolute Gasteiger partial charge is 0.253 e. The number of nitrogens with zero attached hydrogens (tertiary/aromatic N) is 1. The highest BCUT2D eigenvalue weighted by Gasteiger charge is 2.11. The van der Waals surface area contributed by atoms with Crippen LogP contribution >= 0.6 is 0 Å². The first-order valence-corrected chi connectivity index (χ1v) is 7.35. The Morgan fingerprint density at radius 1 is 1.29 bits per heavy atom. The van der Waals surface area contributed by atoms with E-state index in [1.807, 2.05) is 31.3 Å². The number of likely N-dealkylation sites (N-methyl/N-ethyl adjacent to an activating group) is 1. The van der Waals surface area contributed by atoms with Gasteiger partial charge in [0.25, 0.3) is 5.91 Å². The van der Waals surface area contributed by atoms with Crippen molar-refractivity contribution in [1.29, 1.82) is 0 Å². The third-order valence-corrected chi connectivity index (χ3v) is 3.07. The van der Waals surface area contributed by atoms with Crippen LogP contribution in [0.4, 0.5) is 5.69 Å². The second kappa shape index (κ2) is 9.37. The highest BCUT2D eigenvalue weighted by Crippen LogP contribution is 2.15. The molecule has 5 nitrogen and oxygen atoms in total. The van der Waals surface area contributed by atoms with Crippen LogP contribution in [0.5, 0.6) is 0 Å². The highest BCUT2D eigenvalue weighted by molar-refractivity contribution is 5.99. The third-order valence-electron chi connectivity index (χ3n) is 3.07. The van der Waals surface area contributed by atoms with Gasteiger partial charge in [-0.2, -0.15) is 0 Å². The number of rotatable bonds is 9. The Labute approximate surface area is 127 Å². The molecule has 1 aromatic rings. The summed E-state index contributed by atoms with van der Waals surface area (Å²) in [6.45, 7) is 7.09. The monoisotopic (exact) mass is 293 g/mol. The molecule has 2 N–H and O–H groups in total. The predicted octanol–water partition coefficient (Wildman–Crippen LogP) is 1.81. The maximum absolute atomic E-state index is 12.2. The molecule has 0 radical (unpaired) electrons. The van der Waals surface area contributed by atoms with Gasteiger partial charge in [-0.05, 0) is 33.0 Å². The van der Waals surface area contributed by atoms with Crippen LogP contribution in [0.15, 0.2) is 24.3 Å². The minimum absolute atomic E-state index is 0.0427. The normalized spacial score (nSPS) is 11.0. The van der Waals surface area contributed by atoms with Gasteiger partial charge in [0.1, 0.15) is 0 Å². The van der Waals surface area contributed by atoms with Gasteiger partial charge in [0, 0.05) is 38.5 Å². The number of para-hydroxylation sites is 1. The Bertz CT molecular complexity index is 435. The number of methoxy groups -OCH3 is 1. The fraction of sp³-hybridized carbons (Fsp3) is 0.562. The van der Waals surface area contributed by atoms with E-state index in [0.717, 1.165) is 18.8 Å².